The van der Waals surface area contributed by atoms with Crippen molar-refractivity contribution in [3.05, 3.63) is 35.9 Å². The minimum atomic E-state index is -0.444. The van der Waals surface area contributed by atoms with Gasteiger partial charge in [-0.1, -0.05) is 43.2 Å². The largest absolute Gasteiger partial charge is 0.334 e. The number of piperazine rings is 1. The average molecular weight is 476 g/mol. The maximum atomic E-state index is 13.1. The Kier molecular flexibility index (Phi) is 9.58. The molecule has 0 bridgehead atoms. The zero-order valence-electron chi connectivity index (χ0n) is 20.0. The van der Waals surface area contributed by atoms with Gasteiger partial charge in [0.2, 0.25) is 18.2 Å². The van der Waals surface area contributed by atoms with Crippen molar-refractivity contribution < 1.29 is 14.4 Å². The molecule has 3 amide bonds. The summed E-state index contributed by atoms with van der Waals surface area (Å²) in [5.74, 6) is 0.824. The highest BCUT2D eigenvalue weighted by atomic mass is 32.2. The van der Waals surface area contributed by atoms with E-state index in [0.717, 1.165) is 44.4 Å². The quantitative estimate of drug-likeness (QED) is 0.606. The number of nitrogens with zero attached hydrogens (tertiary/aromatic N) is 4. The fourth-order valence-electron chi connectivity index (χ4n) is 5.00. The van der Waals surface area contributed by atoms with Crippen LogP contribution in [0.2, 0.25) is 0 Å². The van der Waals surface area contributed by atoms with Crippen LogP contribution in [0.5, 0.6) is 0 Å². The molecule has 2 aliphatic heterocycles. The number of thioether (sulfide) groups is 1. The predicted molar refractivity (Wildman–Crippen MR) is 131 cm³/mol. The number of rotatable bonds is 7. The number of fused-ring (bicyclic) bond motifs is 1. The van der Waals surface area contributed by atoms with Crippen molar-refractivity contribution in [2.24, 2.45) is 0 Å². The molecule has 33 heavy (non-hydrogen) atoms. The predicted octanol–water partition coefficient (Wildman–Crippen LogP) is 1.77. The van der Waals surface area contributed by atoms with E-state index in [1.54, 1.807) is 33.7 Å². The third kappa shape index (κ3) is 6.07. The Morgan fingerprint density at radius 3 is 2.45 bits per heavy atom. The molecule has 0 spiro atoms. The minimum absolute atomic E-state index is 0.0638. The van der Waals surface area contributed by atoms with E-state index in [0.29, 0.717) is 13.0 Å². The summed E-state index contributed by atoms with van der Waals surface area (Å²) in [5, 5.41) is 6.31. The van der Waals surface area contributed by atoms with E-state index in [1.807, 2.05) is 36.4 Å². The summed E-state index contributed by atoms with van der Waals surface area (Å²) in [6.07, 6.45) is 7.39. The van der Waals surface area contributed by atoms with Gasteiger partial charge in [0.05, 0.1) is 13.1 Å². The second-order valence-electron chi connectivity index (χ2n) is 8.82. The van der Waals surface area contributed by atoms with Crippen molar-refractivity contribution in [3.63, 3.8) is 0 Å². The van der Waals surface area contributed by atoms with Crippen LogP contribution in [-0.4, -0.2) is 95.5 Å². The summed E-state index contributed by atoms with van der Waals surface area (Å²) in [4.78, 5) is 40.9. The molecule has 9 heteroatoms. The number of amides is 3. The molecule has 1 saturated carbocycles. The second-order valence-corrected chi connectivity index (χ2v) is 9.81. The highest BCUT2D eigenvalue weighted by Gasteiger charge is 2.50. The summed E-state index contributed by atoms with van der Waals surface area (Å²) < 4.78 is 0. The molecule has 2 atom stereocenters. The monoisotopic (exact) mass is 475 g/mol. The first kappa shape index (κ1) is 25.5. The highest BCUT2D eigenvalue weighted by molar-refractivity contribution is 7.98. The van der Waals surface area contributed by atoms with Gasteiger partial charge in [0.1, 0.15) is 12.2 Å². The van der Waals surface area contributed by atoms with Gasteiger partial charge in [-0.05, 0) is 43.9 Å². The van der Waals surface area contributed by atoms with E-state index >= 15 is 0 Å². The fourth-order valence-corrected chi connectivity index (χ4v) is 5.46. The highest BCUT2D eigenvalue weighted by Crippen LogP contribution is 2.32. The van der Waals surface area contributed by atoms with Gasteiger partial charge in [-0.15, -0.1) is 0 Å². The number of nitrogens with one attached hydrogen (secondary N) is 1. The summed E-state index contributed by atoms with van der Waals surface area (Å²) in [7, 11) is 3.70. The molecule has 1 N–H and O–H groups in total. The molecule has 182 valence electrons. The smallest absolute Gasteiger partial charge is 0.245 e. The first-order valence-electron chi connectivity index (χ1n) is 11.8. The van der Waals surface area contributed by atoms with Crippen LogP contribution in [0.4, 0.5) is 0 Å². The lowest BCUT2D eigenvalue weighted by Gasteiger charge is -2.54. The zero-order chi connectivity index (χ0) is 23.8. The molecule has 0 aromatic heterocycles. The Labute approximate surface area is 201 Å². The molecule has 0 radical (unpaired) electrons. The van der Waals surface area contributed by atoms with Gasteiger partial charge in [0, 0.05) is 19.6 Å². The Morgan fingerprint density at radius 1 is 1.15 bits per heavy atom. The molecular weight excluding hydrogens is 438 g/mol. The molecule has 3 fully saturated rings. The molecule has 1 aromatic carbocycles. The number of carbonyl (C=O) groups is 3. The van der Waals surface area contributed by atoms with Crippen molar-refractivity contribution in [2.45, 2.75) is 56.9 Å². The number of benzene rings is 1. The van der Waals surface area contributed by atoms with Gasteiger partial charge in [-0.2, -0.15) is 11.8 Å². The Hall–Kier alpha value is -2.10. The van der Waals surface area contributed by atoms with E-state index in [9.17, 15) is 14.4 Å². The lowest BCUT2D eigenvalue weighted by atomic mass is 10.0. The van der Waals surface area contributed by atoms with Gasteiger partial charge in [0.15, 0.2) is 0 Å². The molecule has 1 aliphatic carbocycles. The minimum Gasteiger partial charge on any atom is -0.334 e. The molecule has 8 nitrogen and oxygen atoms in total. The topological polar surface area (TPSA) is 76.2 Å². The van der Waals surface area contributed by atoms with Crippen LogP contribution in [-0.2, 0) is 20.9 Å². The Morgan fingerprint density at radius 2 is 1.85 bits per heavy atom. The van der Waals surface area contributed by atoms with Crippen LogP contribution >= 0.6 is 11.8 Å². The number of likely N-dealkylation sites (N-methyl/N-ethyl adjacent to an activating group) is 1. The molecule has 4 rings (SSSR count). The van der Waals surface area contributed by atoms with Crippen LogP contribution in [0.25, 0.3) is 0 Å². The third-order valence-corrected chi connectivity index (χ3v) is 7.27. The molecule has 3 aliphatic rings. The maximum Gasteiger partial charge on any atom is 0.245 e. The van der Waals surface area contributed by atoms with Crippen molar-refractivity contribution in [1.82, 2.24) is 25.1 Å². The summed E-state index contributed by atoms with van der Waals surface area (Å²) >= 11 is 1.68. The molecular formula is C24H37N5O3S. The van der Waals surface area contributed by atoms with Crippen LogP contribution < -0.4 is 5.32 Å². The van der Waals surface area contributed by atoms with Gasteiger partial charge >= 0.3 is 0 Å². The zero-order valence-corrected chi connectivity index (χ0v) is 20.8. The van der Waals surface area contributed by atoms with Crippen molar-refractivity contribution in [2.75, 3.05) is 39.2 Å². The van der Waals surface area contributed by atoms with E-state index in [2.05, 4.69) is 17.4 Å². The number of carbonyl (C=O) groups excluding carboxylic acids is 3. The SMILES string of the molecule is CNCc1ccccc1.CSCC[C@H]1C(=O)N(C2CCCC2)CC2N1C(=O)CN(C)N2C=O. The first-order chi connectivity index (χ1) is 16.0. The fraction of sp³-hybridized carbons (Fsp3) is 0.625. The summed E-state index contributed by atoms with van der Waals surface area (Å²) in [6.45, 7) is 1.52. The maximum absolute atomic E-state index is 13.1. The molecule has 2 heterocycles. The lowest BCUT2D eigenvalue weighted by molar-refractivity contribution is -0.198. The molecule has 1 aromatic rings. The third-order valence-electron chi connectivity index (χ3n) is 6.63. The van der Waals surface area contributed by atoms with E-state index in [-0.39, 0.29) is 30.6 Å². The van der Waals surface area contributed by atoms with E-state index in [1.165, 1.54) is 5.56 Å². The Bertz CT molecular complexity index is 790. The second kappa shape index (κ2) is 12.4. The molecule has 1 unspecified atom stereocenters. The lowest BCUT2D eigenvalue weighted by Crippen LogP contribution is -2.74. The number of hydrogen-bond acceptors (Lipinski definition) is 6. The Balaban J connectivity index is 0.000000286. The number of hydrazine groups is 1. The number of hydrogen-bond donors (Lipinski definition) is 1. The molecule has 2 saturated heterocycles. The average Bonchev–Trinajstić information content (AvgIpc) is 3.34. The normalized spacial score (nSPS) is 23.9. The van der Waals surface area contributed by atoms with Crippen LogP contribution in [0, 0.1) is 0 Å². The van der Waals surface area contributed by atoms with Crippen LogP contribution in [0.15, 0.2) is 30.3 Å². The van der Waals surface area contributed by atoms with Crippen molar-refractivity contribution in [1.29, 1.82) is 0 Å². The standard InChI is InChI=1S/C16H26N4O3S.C8H11N/c1-17-10-15(22)20-13(7-8-24-2)16(23)18(12-5-3-4-6-12)9-14(20)19(17)11-21;1-9-7-8-5-3-2-4-6-8/h11-14H,3-10H2,1-2H3;2-6,9H,7H2,1H3/t13-,14?;/m0./s1. The van der Waals surface area contributed by atoms with Crippen LogP contribution in [0.3, 0.4) is 0 Å². The van der Waals surface area contributed by atoms with Gasteiger partial charge in [-0.25, -0.2) is 5.01 Å². The van der Waals surface area contributed by atoms with Gasteiger partial charge in [-0.3, -0.25) is 19.4 Å². The van der Waals surface area contributed by atoms with Crippen molar-refractivity contribution >= 4 is 30.0 Å². The summed E-state index contributed by atoms with van der Waals surface area (Å²) in [5.41, 5.74) is 1.33. The van der Waals surface area contributed by atoms with Crippen molar-refractivity contribution in [3.8, 4) is 0 Å². The van der Waals surface area contributed by atoms with E-state index in [4.69, 9.17) is 0 Å². The summed E-state index contributed by atoms with van der Waals surface area (Å²) in [6, 6.07) is 10.2. The van der Waals surface area contributed by atoms with Crippen LogP contribution in [0.1, 0.15) is 37.7 Å². The van der Waals surface area contributed by atoms with E-state index < -0.39 is 6.04 Å². The first-order valence-corrected chi connectivity index (χ1v) is 13.1. The van der Waals surface area contributed by atoms with Gasteiger partial charge < -0.3 is 15.1 Å². The van der Waals surface area contributed by atoms with Gasteiger partial charge in [0.25, 0.3) is 0 Å².